The van der Waals surface area contributed by atoms with Crippen molar-refractivity contribution in [1.82, 2.24) is 8.79 Å². The minimum atomic E-state index is -6.03. The number of hydrogen-bond acceptors (Lipinski definition) is 7. The molecule has 16 heteroatoms. The Bertz CT molecular complexity index is 1430. The molecule has 0 fully saturated rings. The standard InChI is InChI=1S/C24H25Cl3F3N4O5S/c1-22(2,3)39-21(36)33(40(37,38)24(28,29)30)12-11-15-7-9-16(10-8-15)34-17(13-31)5-4-6-19(34)32-14-18(34)20(35)23(25,26)27/h4-10,14H,11-13,31H2,1-3H3/q+1. The van der Waals surface area contributed by atoms with Gasteiger partial charge in [0.25, 0.3) is 9.58 Å². The summed E-state index contributed by atoms with van der Waals surface area (Å²) in [6.45, 7) is 3.30. The summed E-state index contributed by atoms with van der Waals surface area (Å²) in [6, 6.07) is 6.09. The molecule has 0 bridgehead atoms. The zero-order valence-electron chi connectivity index (χ0n) is 21.4. The molecule has 0 saturated carbocycles. The molecule has 0 aromatic heterocycles. The van der Waals surface area contributed by atoms with Gasteiger partial charge < -0.3 is 10.5 Å². The number of allylic oxidation sites excluding steroid dienone is 3. The fourth-order valence-corrected chi connectivity index (χ4v) is 5.21. The number of benzene rings is 1. The van der Waals surface area contributed by atoms with Crippen molar-refractivity contribution in [3.63, 3.8) is 0 Å². The van der Waals surface area contributed by atoms with Gasteiger partial charge >= 0.3 is 21.6 Å². The largest absolute Gasteiger partial charge is 0.516 e. The van der Waals surface area contributed by atoms with Crippen molar-refractivity contribution in [2.75, 3.05) is 13.1 Å². The quantitative estimate of drug-likeness (QED) is 0.321. The lowest BCUT2D eigenvalue weighted by Crippen LogP contribution is -2.55. The minimum absolute atomic E-state index is 0.00354. The SMILES string of the molecule is CC(C)(C)OC(=O)N(CCc1ccc([N+]23C(CN)=CC=CC2=NC=C3C(=O)C(Cl)(Cl)Cl)cc1)S(=O)(=O)C(F)(F)F. The molecule has 1 aromatic rings. The summed E-state index contributed by atoms with van der Waals surface area (Å²) in [5.74, 6) is -0.471. The lowest BCUT2D eigenvalue weighted by molar-refractivity contribution is -0.115. The van der Waals surface area contributed by atoms with Gasteiger partial charge in [0.05, 0.1) is 12.7 Å². The summed E-state index contributed by atoms with van der Waals surface area (Å²) in [5, 5.41) is 0. The highest BCUT2D eigenvalue weighted by Gasteiger charge is 2.55. The second-order valence-corrected chi connectivity index (χ2v) is 13.8. The Morgan fingerprint density at radius 2 is 1.70 bits per heavy atom. The fourth-order valence-electron chi connectivity index (χ4n) is 4.10. The number of nitrogens with two attached hydrogens (primary N) is 1. The number of carbonyl (C=O) groups excluding carboxylic acids is 2. The van der Waals surface area contributed by atoms with Gasteiger partial charge in [-0.15, -0.1) is 0 Å². The van der Waals surface area contributed by atoms with Gasteiger partial charge in [0.15, 0.2) is 0 Å². The molecule has 0 spiro atoms. The van der Waals surface area contributed by atoms with E-state index in [0.717, 1.165) is 0 Å². The van der Waals surface area contributed by atoms with Crippen molar-refractivity contribution in [2.24, 2.45) is 10.7 Å². The maximum Gasteiger partial charge on any atom is 0.516 e. The van der Waals surface area contributed by atoms with Crippen LogP contribution in [0.2, 0.25) is 0 Å². The van der Waals surface area contributed by atoms with E-state index in [1.807, 2.05) is 0 Å². The Morgan fingerprint density at radius 1 is 1.10 bits per heavy atom. The number of rotatable bonds is 7. The van der Waals surface area contributed by atoms with Crippen LogP contribution in [0, 0.1) is 0 Å². The van der Waals surface area contributed by atoms with E-state index in [2.05, 4.69) is 4.99 Å². The Morgan fingerprint density at radius 3 is 2.20 bits per heavy atom. The first-order chi connectivity index (χ1) is 18.3. The molecule has 1 atom stereocenters. The molecule has 1 aromatic carbocycles. The van der Waals surface area contributed by atoms with Gasteiger partial charge in [-0.1, -0.05) is 46.9 Å². The average molecular weight is 645 g/mol. The van der Waals surface area contributed by atoms with Gasteiger partial charge in [0.2, 0.25) is 11.5 Å². The third-order valence-electron chi connectivity index (χ3n) is 5.80. The molecule has 2 N–H and O–H groups in total. The summed E-state index contributed by atoms with van der Waals surface area (Å²) >= 11 is 17.7. The Kier molecular flexibility index (Phi) is 8.91. The van der Waals surface area contributed by atoms with Crippen molar-refractivity contribution in [2.45, 2.75) is 42.1 Å². The number of fused-ring (bicyclic) bond motifs is 1. The maximum atomic E-state index is 13.3. The van der Waals surface area contributed by atoms with Crippen molar-refractivity contribution < 1.29 is 35.9 Å². The summed E-state index contributed by atoms with van der Waals surface area (Å²) < 4.78 is 66.0. The molecule has 3 rings (SSSR count). The molecule has 1 amide bonds. The van der Waals surface area contributed by atoms with Crippen LogP contribution in [-0.2, 0) is 26.0 Å². The lowest BCUT2D eigenvalue weighted by Gasteiger charge is -2.37. The molecule has 0 aliphatic carbocycles. The topological polar surface area (TPSA) is 119 Å². The second kappa shape index (κ2) is 11.1. The molecular formula is C24H25Cl3F3N4O5S+. The molecule has 0 saturated heterocycles. The monoisotopic (exact) mass is 643 g/mol. The number of quaternary nitrogens is 1. The third kappa shape index (κ3) is 6.09. The van der Waals surface area contributed by atoms with Crippen LogP contribution in [0.3, 0.4) is 0 Å². The van der Waals surface area contributed by atoms with Gasteiger partial charge in [-0.05, 0) is 44.9 Å². The molecule has 2 aliphatic heterocycles. The van der Waals surface area contributed by atoms with Crippen LogP contribution in [0.25, 0.3) is 0 Å². The highest BCUT2D eigenvalue weighted by Crippen LogP contribution is 2.44. The van der Waals surface area contributed by atoms with Crippen LogP contribution in [0.1, 0.15) is 26.3 Å². The highest BCUT2D eigenvalue weighted by molar-refractivity contribution is 7.90. The van der Waals surface area contributed by atoms with E-state index in [1.165, 1.54) is 39.1 Å². The van der Waals surface area contributed by atoms with E-state index in [1.54, 1.807) is 30.4 Å². The van der Waals surface area contributed by atoms with E-state index < -0.39 is 43.3 Å². The van der Waals surface area contributed by atoms with E-state index in [0.29, 0.717) is 22.8 Å². The predicted molar refractivity (Wildman–Crippen MR) is 147 cm³/mol. The summed E-state index contributed by atoms with van der Waals surface area (Å²) in [7, 11) is -6.03. The smallest absolute Gasteiger partial charge is 0.443 e. The predicted octanol–water partition coefficient (Wildman–Crippen LogP) is 5.23. The van der Waals surface area contributed by atoms with Crippen molar-refractivity contribution in [3.05, 3.63) is 65.7 Å². The number of sulfonamides is 1. The van der Waals surface area contributed by atoms with E-state index in [-0.39, 0.29) is 27.5 Å². The van der Waals surface area contributed by atoms with E-state index in [4.69, 9.17) is 45.3 Å². The zero-order valence-corrected chi connectivity index (χ0v) is 24.5. The number of ether oxygens (including phenoxy) is 1. The normalized spacial score (nSPS) is 19.4. The fraction of sp³-hybridized carbons (Fsp3) is 0.375. The summed E-state index contributed by atoms with van der Waals surface area (Å²) in [4.78, 5) is 29.8. The van der Waals surface area contributed by atoms with Crippen molar-refractivity contribution >= 4 is 68.2 Å². The van der Waals surface area contributed by atoms with Crippen molar-refractivity contribution in [3.8, 4) is 0 Å². The summed E-state index contributed by atoms with van der Waals surface area (Å²) in [6.07, 6.45) is 4.34. The molecule has 0 radical (unpaired) electrons. The number of alkyl halides is 6. The Hall–Kier alpha value is -2.42. The molecule has 40 heavy (non-hydrogen) atoms. The van der Waals surface area contributed by atoms with Crippen LogP contribution >= 0.6 is 34.8 Å². The van der Waals surface area contributed by atoms with Gasteiger partial charge in [-0.25, -0.2) is 4.79 Å². The van der Waals surface area contributed by atoms with Crippen LogP contribution in [0.4, 0.5) is 23.7 Å². The molecule has 218 valence electrons. The van der Waals surface area contributed by atoms with Gasteiger partial charge in [0, 0.05) is 24.8 Å². The number of nitrogens with zero attached hydrogens (tertiary/aromatic N) is 3. The molecule has 1 unspecified atom stereocenters. The van der Waals surface area contributed by atoms with Crippen LogP contribution in [0.5, 0.6) is 0 Å². The average Bonchev–Trinajstić information content (AvgIpc) is 3.21. The second-order valence-electron chi connectivity index (χ2n) is 9.64. The number of ketones is 1. The number of hydrogen-bond donors (Lipinski definition) is 1. The Balaban J connectivity index is 1.98. The number of amides is 1. The molecular weight excluding hydrogens is 620 g/mol. The van der Waals surface area contributed by atoms with Gasteiger partial charge in [-0.2, -0.15) is 35.4 Å². The number of carbonyl (C=O) groups is 2. The molecule has 2 heterocycles. The first-order valence-electron chi connectivity index (χ1n) is 11.6. The third-order valence-corrected chi connectivity index (χ3v) is 7.81. The first-order valence-corrected chi connectivity index (χ1v) is 14.1. The maximum absolute atomic E-state index is 13.3. The highest BCUT2D eigenvalue weighted by atomic mass is 35.6. The number of aliphatic imine (C=N–C) groups is 1. The van der Waals surface area contributed by atoms with Crippen molar-refractivity contribution in [1.29, 1.82) is 0 Å². The van der Waals surface area contributed by atoms with Crippen LogP contribution in [-0.4, -0.2) is 58.4 Å². The lowest BCUT2D eigenvalue weighted by atomic mass is 10.0. The van der Waals surface area contributed by atoms with E-state index >= 15 is 0 Å². The zero-order chi connectivity index (χ0) is 30.3. The number of Topliss-reactive ketones (excluding diaryl/α,β-unsaturated/α-hetero) is 1. The van der Waals surface area contributed by atoms with Crippen LogP contribution < -0.4 is 10.2 Å². The Labute approximate surface area is 243 Å². The number of amidine groups is 1. The van der Waals surface area contributed by atoms with E-state index in [9.17, 15) is 31.2 Å². The van der Waals surface area contributed by atoms with Gasteiger partial charge in [-0.3, -0.25) is 4.79 Å². The summed E-state index contributed by atoms with van der Waals surface area (Å²) in [5.41, 5.74) is 0.345. The minimum Gasteiger partial charge on any atom is -0.443 e. The molecule has 2 aliphatic rings. The first kappa shape index (κ1) is 32.1. The van der Waals surface area contributed by atoms with Gasteiger partial charge in [0.1, 0.15) is 17.0 Å². The molecule has 9 nitrogen and oxygen atoms in total. The number of halogens is 6. The van der Waals surface area contributed by atoms with Crippen LogP contribution in [0.15, 0.2) is 65.1 Å².